The molecule has 0 aromatic carbocycles. The summed E-state index contributed by atoms with van der Waals surface area (Å²) in [4.78, 5) is 22.7. The van der Waals surface area contributed by atoms with Crippen LogP contribution in [-0.4, -0.2) is 49.2 Å². The number of aliphatic carboxylic acids is 1. The van der Waals surface area contributed by atoms with Crippen molar-refractivity contribution in [3.8, 4) is 0 Å². The zero-order valence-corrected chi connectivity index (χ0v) is 7.40. The van der Waals surface area contributed by atoms with E-state index in [1.807, 2.05) is 0 Å². The second-order valence-electron chi connectivity index (χ2n) is 2.55. The Morgan fingerprint density at radius 2 is 2.00 bits per heavy atom. The SMILES string of the molecule is CO[C@@H](CC(=O)O)C(=O)N(C)C. The first kappa shape index (κ1) is 10.9. The van der Waals surface area contributed by atoms with Crippen LogP contribution in [0.1, 0.15) is 6.42 Å². The minimum Gasteiger partial charge on any atom is -0.481 e. The molecular formula is C7H13NO4. The van der Waals surface area contributed by atoms with Gasteiger partial charge in [-0.2, -0.15) is 0 Å². The normalized spacial score (nSPS) is 12.2. The smallest absolute Gasteiger partial charge is 0.306 e. The molecule has 70 valence electrons. The van der Waals surface area contributed by atoms with E-state index in [1.54, 1.807) is 14.1 Å². The number of rotatable bonds is 4. The van der Waals surface area contributed by atoms with Crippen LogP contribution < -0.4 is 0 Å². The monoisotopic (exact) mass is 175 g/mol. The molecular weight excluding hydrogens is 162 g/mol. The van der Waals surface area contributed by atoms with E-state index in [0.29, 0.717) is 0 Å². The van der Waals surface area contributed by atoms with Crippen LogP contribution in [-0.2, 0) is 14.3 Å². The van der Waals surface area contributed by atoms with E-state index in [2.05, 4.69) is 0 Å². The molecule has 0 radical (unpaired) electrons. The first-order valence-corrected chi connectivity index (χ1v) is 3.44. The molecule has 0 rings (SSSR count). The van der Waals surface area contributed by atoms with Gasteiger partial charge in [0.25, 0.3) is 5.91 Å². The summed E-state index contributed by atoms with van der Waals surface area (Å²) in [5, 5.41) is 8.39. The molecule has 1 atom stereocenters. The van der Waals surface area contributed by atoms with Crippen LogP contribution in [0.5, 0.6) is 0 Å². The van der Waals surface area contributed by atoms with Gasteiger partial charge in [0.2, 0.25) is 0 Å². The topological polar surface area (TPSA) is 66.8 Å². The fraction of sp³-hybridized carbons (Fsp3) is 0.714. The first-order chi connectivity index (χ1) is 5.49. The van der Waals surface area contributed by atoms with E-state index in [1.165, 1.54) is 12.0 Å². The van der Waals surface area contributed by atoms with Gasteiger partial charge in [0.15, 0.2) is 0 Å². The van der Waals surface area contributed by atoms with Crippen LogP contribution in [0.25, 0.3) is 0 Å². The van der Waals surface area contributed by atoms with E-state index in [0.717, 1.165) is 0 Å². The Bertz CT molecular complexity index is 178. The summed E-state index contributed by atoms with van der Waals surface area (Å²) in [6.45, 7) is 0. The van der Waals surface area contributed by atoms with Crippen LogP contribution in [0.3, 0.4) is 0 Å². The van der Waals surface area contributed by atoms with Crippen LogP contribution in [0.4, 0.5) is 0 Å². The van der Waals surface area contributed by atoms with Crippen molar-refractivity contribution in [2.75, 3.05) is 21.2 Å². The third kappa shape index (κ3) is 3.34. The highest BCUT2D eigenvalue weighted by Gasteiger charge is 2.22. The highest BCUT2D eigenvalue weighted by molar-refractivity contribution is 5.84. The predicted octanol–water partition coefficient (Wildman–Crippen LogP) is -0.436. The van der Waals surface area contributed by atoms with Gasteiger partial charge in [-0.3, -0.25) is 9.59 Å². The number of nitrogens with zero attached hydrogens (tertiary/aromatic N) is 1. The highest BCUT2D eigenvalue weighted by Crippen LogP contribution is 2.00. The zero-order chi connectivity index (χ0) is 9.72. The standard InChI is InChI=1S/C7H13NO4/c1-8(2)7(11)5(12-3)4-6(9)10/h5H,4H2,1-3H3,(H,9,10)/t5-/m0/s1. The molecule has 0 aliphatic heterocycles. The number of carboxylic acid groups (broad SMARTS) is 1. The summed E-state index contributed by atoms with van der Waals surface area (Å²) in [6, 6.07) is 0. The van der Waals surface area contributed by atoms with Crippen molar-refractivity contribution >= 4 is 11.9 Å². The highest BCUT2D eigenvalue weighted by atomic mass is 16.5. The van der Waals surface area contributed by atoms with Crippen molar-refractivity contribution in [1.82, 2.24) is 4.90 Å². The van der Waals surface area contributed by atoms with Crippen LogP contribution in [0, 0.1) is 0 Å². The summed E-state index contributed by atoms with van der Waals surface area (Å²) >= 11 is 0. The van der Waals surface area contributed by atoms with Crippen molar-refractivity contribution in [3.63, 3.8) is 0 Å². The van der Waals surface area contributed by atoms with Crippen molar-refractivity contribution in [3.05, 3.63) is 0 Å². The zero-order valence-electron chi connectivity index (χ0n) is 7.40. The fourth-order valence-corrected chi connectivity index (χ4v) is 0.718. The van der Waals surface area contributed by atoms with Crippen LogP contribution in [0.15, 0.2) is 0 Å². The maximum Gasteiger partial charge on any atom is 0.306 e. The Kier molecular flexibility index (Phi) is 4.28. The number of methoxy groups -OCH3 is 1. The molecule has 5 heteroatoms. The molecule has 0 saturated carbocycles. The van der Waals surface area contributed by atoms with E-state index in [-0.39, 0.29) is 12.3 Å². The van der Waals surface area contributed by atoms with Crippen molar-refractivity contribution in [2.24, 2.45) is 0 Å². The van der Waals surface area contributed by atoms with Gasteiger partial charge >= 0.3 is 5.97 Å². The third-order valence-electron chi connectivity index (χ3n) is 1.36. The molecule has 0 aliphatic carbocycles. The lowest BCUT2D eigenvalue weighted by Gasteiger charge is -2.17. The largest absolute Gasteiger partial charge is 0.481 e. The fourth-order valence-electron chi connectivity index (χ4n) is 0.718. The van der Waals surface area contributed by atoms with Gasteiger partial charge in [0.05, 0.1) is 6.42 Å². The molecule has 12 heavy (non-hydrogen) atoms. The van der Waals surface area contributed by atoms with Gasteiger partial charge < -0.3 is 14.7 Å². The molecule has 1 N–H and O–H groups in total. The van der Waals surface area contributed by atoms with Crippen molar-refractivity contribution in [2.45, 2.75) is 12.5 Å². The number of carboxylic acids is 1. The lowest BCUT2D eigenvalue weighted by molar-refractivity contribution is -0.148. The summed E-state index contributed by atoms with van der Waals surface area (Å²) in [5.74, 6) is -1.38. The Hall–Kier alpha value is -1.10. The van der Waals surface area contributed by atoms with E-state index in [9.17, 15) is 9.59 Å². The quantitative estimate of drug-likeness (QED) is 0.629. The van der Waals surface area contributed by atoms with E-state index < -0.39 is 12.1 Å². The maximum absolute atomic E-state index is 11.1. The molecule has 0 aliphatic rings. The lowest BCUT2D eigenvalue weighted by Crippen LogP contribution is -2.36. The number of likely N-dealkylation sites (N-methyl/N-ethyl adjacent to an activating group) is 1. The van der Waals surface area contributed by atoms with Gasteiger partial charge in [-0.05, 0) is 0 Å². The lowest BCUT2D eigenvalue weighted by atomic mass is 10.2. The minimum atomic E-state index is -1.04. The van der Waals surface area contributed by atoms with Gasteiger partial charge in [-0.1, -0.05) is 0 Å². The second-order valence-corrected chi connectivity index (χ2v) is 2.55. The van der Waals surface area contributed by atoms with Gasteiger partial charge in [-0.25, -0.2) is 0 Å². The minimum absolute atomic E-state index is 0.298. The Morgan fingerprint density at radius 3 is 2.25 bits per heavy atom. The summed E-state index contributed by atoms with van der Waals surface area (Å²) < 4.78 is 4.71. The Balaban J connectivity index is 4.15. The number of amides is 1. The molecule has 0 saturated heterocycles. The number of carbonyl (C=O) groups excluding carboxylic acids is 1. The van der Waals surface area contributed by atoms with E-state index in [4.69, 9.17) is 9.84 Å². The number of hydrogen-bond donors (Lipinski definition) is 1. The number of carbonyl (C=O) groups is 2. The van der Waals surface area contributed by atoms with Crippen molar-refractivity contribution in [1.29, 1.82) is 0 Å². The molecule has 0 heterocycles. The van der Waals surface area contributed by atoms with Crippen LogP contribution in [0.2, 0.25) is 0 Å². The summed E-state index contributed by atoms with van der Waals surface area (Å²) in [6.07, 6.45) is -1.18. The molecule has 1 amide bonds. The predicted molar refractivity (Wildman–Crippen MR) is 41.7 cm³/mol. The average molecular weight is 175 g/mol. The van der Waals surface area contributed by atoms with Gasteiger partial charge in [0, 0.05) is 21.2 Å². The van der Waals surface area contributed by atoms with Crippen LogP contribution >= 0.6 is 0 Å². The second kappa shape index (κ2) is 4.71. The molecule has 0 aromatic rings. The molecule has 0 spiro atoms. The summed E-state index contributed by atoms with van der Waals surface area (Å²) in [5.41, 5.74) is 0. The molecule has 0 unspecified atom stereocenters. The molecule has 0 bridgehead atoms. The average Bonchev–Trinajstić information content (AvgIpc) is 1.98. The molecule has 5 nitrogen and oxygen atoms in total. The molecule has 0 aromatic heterocycles. The van der Waals surface area contributed by atoms with Gasteiger partial charge in [0.1, 0.15) is 6.10 Å². The molecule has 0 fully saturated rings. The van der Waals surface area contributed by atoms with E-state index >= 15 is 0 Å². The summed E-state index contributed by atoms with van der Waals surface area (Å²) in [7, 11) is 4.42. The maximum atomic E-state index is 11.1. The number of ether oxygens (including phenoxy) is 1. The number of hydrogen-bond acceptors (Lipinski definition) is 3. The Morgan fingerprint density at radius 1 is 1.50 bits per heavy atom. The third-order valence-corrected chi connectivity index (χ3v) is 1.36. The first-order valence-electron chi connectivity index (χ1n) is 3.44. The van der Waals surface area contributed by atoms with Crippen molar-refractivity contribution < 1.29 is 19.4 Å². The Labute approximate surface area is 70.9 Å². The van der Waals surface area contributed by atoms with Gasteiger partial charge in [-0.15, -0.1) is 0 Å².